The second-order valence-corrected chi connectivity index (χ2v) is 8.90. The van der Waals surface area contributed by atoms with E-state index in [-0.39, 0.29) is 5.60 Å². The van der Waals surface area contributed by atoms with Gasteiger partial charge in [-0.05, 0) is 49.2 Å². The van der Waals surface area contributed by atoms with Crippen LogP contribution in [0.5, 0.6) is 0 Å². The van der Waals surface area contributed by atoms with Crippen molar-refractivity contribution in [2.75, 3.05) is 39.5 Å². The van der Waals surface area contributed by atoms with Crippen LogP contribution in [0, 0.1) is 0 Å². The Labute approximate surface area is 187 Å². The van der Waals surface area contributed by atoms with Gasteiger partial charge >= 0.3 is 0 Å². The first kappa shape index (κ1) is 21.1. The predicted octanol–water partition coefficient (Wildman–Crippen LogP) is 2.45. The third-order valence-corrected chi connectivity index (χ3v) is 6.24. The normalized spacial score (nSPS) is 23.0. The summed E-state index contributed by atoms with van der Waals surface area (Å²) < 4.78 is 14.6. The van der Waals surface area contributed by atoms with Crippen molar-refractivity contribution in [1.82, 2.24) is 23.7 Å². The van der Waals surface area contributed by atoms with Crippen molar-refractivity contribution in [2.24, 2.45) is 0 Å². The minimum absolute atomic E-state index is 0.0479. The molecule has 0 radical (unpaired) electrons. The molecule has 2 aliphatic rings. The molecule has 2 aliphatic heterocycles. The summed E-state index contributed by atoms with van der Waals surface area (Å²) in [4.78, 5) is 10.7. The molecule has 0 aliphatic carbocycles. The van der Waals surface area contributed by atoms with E-state index < -0.39 is 5.60 Å². The highest BCUT2D eigenvalue weighted by atomic mass is 16.6. The number of imidazole rings is 2. The number of morpholine rings is 1. The first-order chi connectivity index (χ1) is 15.4. The van der Waals surface area contributed by atoms with Crippen LogP contribution >= 0.6 is 0 Å². The van der Waals surface area contributed by atoms with E-state index >= 15 is 0 Å². The number of aliphatic hydroxyl groups is 1. The second-order valence-electron chi connectivity index (χ2n) is 8.90. The maximum absolute atomic E-state index is 10.7. The first-order valence-electron chi connectivity index (χ1n) is 11.0. The topological polar surface area (TPSA) is 79.8 Å². The molecular weight excluding hydrogens is 406 g/mol. The van der Waals surface area contributed by atoms with Gasteiger partial charge in [0.1, 0.15) is 16.9 Å². The fraction of sp³-hybridized carbons (Fsp3) is 0.417. The van der Waals surface area contributed by atoms with Gasteiger partial charge in [0.05, 0.1) is 25.4 Å². The lowest BCUT2D eigenvalue weighted by atomic mass is 9.96. The maximum Gasteiger partial charge on any atom is 0.137 e. The third kappa shape index (κ3) is 4.40. The Hall–Kier alpha value is -2.78. The van der Waals surface area contributed by atoms with Gasteiger partial charge in [-0.15, -0.1) is 0 Å². The molecule has 2 saturated heterocycles. The van der Waals surface area contributed by atoms with Crippen molar-refractivity contribution in [3.8, 4) is 0 Å². The Morgan fingerprint density at radius 3 is 2.28 bits per heavy atom. The summed E-state index contributed by atoms with van der Waals surface area (Å²) in [6.07, 6.45) is 11.4. The van der Waals surface area contributed by atoms with Crippen LogP contribution in [-0.4, -0.2) is 68.2 Å². The van der Waals surface area contributed by atoms with Crippen LogP contribution in [0.25, 0.3) is 11.3 Å². The van der Waals surface area contributed by atoms with E-state index in [1.54, 1.807) is 12.4 Å². The third-order valence-electron chi connectivity index (χ3n) is 6.24. The molecule has 2 atom stereocenters. The lowest BCUT2D eigenvalue weighted by molar-refractivity contribution is -0.0253. The molecule has 8 nitrogen and oxygen atoms in total. The number of hydrogen-bond acceptors (Lipinski definition) is 6. The standard InChI is InChI=1S/C14H19N3O2.C10H10N2O/c1-14(18,11-16-6-8-19-9-7-16)12-2-4-17-5-3-15-13(17)10-12;1-10(7-13-10)8-2-4-12-5-3-11-9(12)6-8/h2-5,10,18H,6-9,11H2,1H3;2-6H,7H2,1H3. The number of ether oxygens (including phenoxy) is 2. The van der Waals surface area contributed by atoms with Gasteiger partial charge in [0.15, 0.2) is 0 Å². The average molecular weight is 436 g/mol. The van der Waals surface area contributed by atoms with Crippen molar-refractivity contribution >= 4 is 11.3 Å². The van der Waals surface area contributed by atoms with Crippen molar-refractivity contribution in [2.45, 2.75) is 25.0 Å². The number of β-amino-alcohol motifs (C(OH)–C–C–N with tert-alkyl or cyclic N) is 1. The van der Waals surface area contributed by atoms with Crippen LogP contribution in [0.4, 0.5) is 0 Å². The minimum Gasteiger partial charge on any atom is -0.384 e. The smallest absolute Gasteiger partial charge is 0.137 e. The summed E-state index contributed by atoms with van der Waals surface area (Å²) in [6, 6.07) is 8.06. The van der Waals surface area contributed by atoms with E-state index in [0.29, 0.717) is 6.54 Å². The fourth-order valence-electron chi connectivity index (χ4n) is 4.05. The Kier molecular flexibility index (Phi) is 5.46. The van der Waals surface area contributed by atoms with Crippen LogP contribution < -0.4 is 0 Å². The van der Waals surface area contributed by atoms with Gasteiger partial charge in [-0.25, -0.2) is 9.97 Å². The highest BCUT2D eigenvalue weighted by molar-refractivity contribution is 5.44. The molecular formula is C24H29N5O3. The minimum atomic E-state index is -0.870. The monoisotopic (exact) mass is 435 g/mol. The predicted molar refractivity (Wildman–Crippen MR) is 121 cm³/mol. The van der Waals surface area contributed by atoms with Crippen LogP contribution in [0.15, 0.2) is 61.4 Å². The highest BCUT2D eigenvalue weighted by Gasteiger charge is 2.41. The van der Waals surface area contributed by atoms with Gasteiger partial charge in [0.2, 0.25) is 0 Å². The number of hydrogen-bond donors (Lipinski definition) is 1. The van der Waals surface area contributed by atoms with Gasteiger partial charge in [0.25, 0.3) is 0 Å². The van der Waals surface area contributed by atoms with E-state index in [9.17, 15) is 5.11 Å². The zero-order chi connectivity index (χ0) is 22.2. The molecule has 1 N–H and O–H groups in total. The summed E-state index contributed by atoms with van der Waals surface area (Å²) in [5.41, 5.74) is 3.04. The molecule has 0 bridgehead atoms. The number of rotatable bonds is 4. The molecule has 0 aromatic carbocycles. The van der Waals surface area contributed by atoms with Crippen LogP contribution in [-0.2, 0) is 20.7 Å². The maximum atomic E-state index is 10.7. The molecule has 0 saturated carbocycles. The Morgan fingerprint density at radius 2 is 1.62 bits per heavy atom. The zero-order valence-electron chi connectivity index (χ0n) is 18.5. The van der Waals surface area contributed by atoms with Crippen LogP contribution in [0.1, 0.15) is 25.0 Å². The van der Waals surface area contributed by atoms with Crippen LogP contribution in [0.2, 0.25) is 0 Å². The molecule has 8 heteroatoms. The van der Waals surface area contributed by atoms with Gasteiger partial charge < -0.3 is 23.4 Å². The van der Waals surface area contributed by atoms with E-state index in [1.165, 1.54) is 5.56 Å². The van der Waals surface area contributed by atoms with E-state index in [0.717, 1.165) is 49.8 Å². The highest BCUT2D eigenvalue weighted by Crippen LogP contribution is 2.37. The molecule has 6 rings (SSSR count). The summed E-state index contributed by atoms with van der Waals surface area (Å²) in [5.74, 6) is 0. The molecule has 0 spiro atoms. The Balaban J connectivity index is 0.000000144. The van der Waals surface area contributed by atoms with Gasteiger partial charge in [0, 0.05) is 56.8 Å². The van der Waals surface area contributed by atoms with Gasteiger partial charge in [-0.2, -0.15) is 0 Å². The number of epoxide rings is 1. The molecule has 6 heterocycles. The summed E-state index contributed by atoms with van der Waals surface area (Å²) in [7, 11) is 0. The van der Waals surface area contributed by atoms with Gasteiger partial charge in [-0.3, -0.25) is 4.90 Å². The molecule has 168 valence electrons. The van der Waals surface area contributed by atoms with Crippen molar-refractivity contribution in [3.05, 3.63) is 72.6 Å². The van der Waals surface area contributed by atoms with E-state index in [1.807, 2.05) is 52.6 Å². The molecule has 32 heavy (non-hydrogen) atoms. The van der Waals surface area contributed by atoms with Gasteiger partial charge in [-0.1, -0.05) is 0 Å². The summed E-state index contributed by atoms with van der Waals surface area (Å²) in [5, 5.41) is 10.7. The van der Waals surface area contributed by atoms with Crippen LogP contribution in [0.3, 0.4) is 0 Å². The molecule has 4 aromatic rings. The second kappa shape index (κ2) is 8.29. The van der Waals surface area contributed by atoms with E-state index in [4.69, 9.17) is 9.47 Å². The average Bonchev–Trinajstić information content (AvgIpc) is 3.19. The molecule has 4 aromatic heterocycles. The summed E-state index contributed by atoms with van der Waals surface area (Å²) >= 11 is 0. The number of aromatic nitrogens is 4. The first-order valence-corrected chi connectivity index (χ1v) is 11.0. The largest absolute Gasteiger partial charge is 0.384 e. The SMILES string of the molecule is CC(O)(CN1CCOCC1)c1ccn2ccnc2c1.CC1(c2ccn3ccnc3c2)CO1. The molecule has 0 amide bonds. The fourth-order valence-corrected chi connectivity index (χ4v) is 4.05. The van der Waals surface area contributed by atoms with E-state index in [2.05, 4.69) is 33.9 Å². The van der Waals surface area contributed by atoms with Crippen molar-refractivity contribution in [3.63, 3.8) is 0 Å². The lowest BCUT2D eigenvalue weighted by Crippen LogP contribution is -2.44. The molecule has 2 fully saturated rings. The number of pyridine rings is 2. The lowest BCUT2D eigenvalue weighted by Gasteiger charge is -2.34. The van der Waals surface area contributed by atoms with Crippen molar-refractivity contribution < 1.29 is 14.6 Å². The Bertz CT molecular complexity index is 1200. The van der Waals surface area contributed by atoms with Crippen molar-refractivity contribution in [1.29, 1.82) is 0 Å². The molecule has 2 unspecified atom stereocenters. The Morgan fingerprint density at radius 1 is 1.00 bits per heavy atom. The zero-order valence-corrected chi connectivity index (χ0v) is 18.5. The number of fused-ring (bicyclic) bond motifs is 2. The summed E-state index contributed by atoms with van der Waals surface area (Å²) in [6.45, 7) is 8.64. The number of nitrogens with zero attached hydrogens (tertiary/aromatic N) is 5. The quantitative estimate of drug-likeness (QED) is 0.496.